The van der Waals surface area contributed by atoms with Crippen LogP contribution < -0.4 is 4.74 Å². The van der Waals surface area contributed by atoms with Crippen molar-refractivity contribution in [3.63, 3.8) is 0 Å². The van der Waals surface area contributed by atoms with Crippen molar-refractivity contribution in [2.45, 2.75) is 39.2 Å². The molecule has 1 aliphatic rings. The highest BCUT2D eigenvalue weighted by atomic mass is 16.5. The zero-order valence-electron chi connectivity index (χ0n) is 14.9. The van der Waals surface area contributed by atoms with E-state index in [9.17, 15) is 4.79 Å². The number of carbonyl (C=O) groups excluding carboxylic acids is 1. The molecule has 3 rings (SSSR count). The summed E-state index contributed by atoms with van der Waals surface area (Å²) >= 11 is 0. The van der Waals surface area contributed by atoms with Gasteiger partial charge in [0, 0.05) is 37.6 Å². The molecule has 1 aromatic heterocycles. The lowest BCUT2D eigenvalue weighted by Gasteiger charge is -2.32. The minimum absolute atomic E-state index is 0.123. The molecule has 1 saturated heterocycles. The first-order valence-corrected chi connectivity index (χ1v) is 9.26. The van der Waals surface area contributed by atoms with Crippen LogP contribution in [0.25, 0.3) is 0 Å². The SMILES string of the molecule is CCCCOc1ccc(C(=O)N2CCC(Cn3cccn3)CC2)cc1. The van der Waals surface area contributed by atoms with Gasteiger partial charge in [-0.1, -0.05) is 13.3 Å². The zero-order chi connectivity index (χ0) is 17.5. The summed E-state index contributed by atoms with van der Waals surface area (Å²) in [5.41, 5.74) is 0.744. The third-order valence-electron chi connectivity index (χ3n) is 4.77. The molecular weight excluding hydrogens is 314 g/mol. The van der Waals surface area contributed by atoms with E-state index in [4.69, 9.17) is 4.74 Å². The standard InChI is InChI=1S/C20H27N3O2/c1-2-3-15-25-19-7-5-18(6-8-19)20(24)22-13-9-17(10-14-22)16-23-12-4-11-21-23/h4-8,11-12,17H,2-3,9-10,13-16H2,1H3. The number of piperidine rings is 1. The van der Waals surface area contributed by atoms with Gasteiger partial charge in [0.2, 0.25) is 0 Å². The Morgan fingerprint density at radius 2 is 2.00 bits per heavy atom. The van der Waals surface area contributed by atoms with Gasteiger partial charge in [-0.15, -0.1) is 0 Å². The molecule has 134 valence electrons. The van der Waals surface area contributed by atoms with Gasteiger partial charge in [-0.05, 0) is 55.5 Å². The number of hydrogen-bond acceptors (Lipinski definition) is 3. The highest BCUT2D eigenvalue weighted by Crippen LogP contribution is 2.21. The Balaban J connectivity index is 1.48. The van der Waals surface area contributed by atoms with Crippen LogP contribution in [0.5, 0.6) is 5.75 Å². The summed E-state index contributed by atoms with van der Waals surface area (Å²) in [5.74, 6) is 1.55. The third-order valence-corrected chi connectivity index (χ3v) is 4.77. The van der Waals surface area contributed by atoms with Gasteiger partial charge >= 0.3 is 0 Å². The topological polar surface area (TPSA) is 47.4 Å². The van der Waals surface area contributed by atoms with Gasteiger partial charge in [0.05, 0.1) is 6.61 Å². The third kappa shape index (κ3) is 4.84. The maximum atomic E-state index is 12.7. The number of benzene rings is 1. The van der Waals surface area contributed by atoms with Gasteiger partial charge in [0.25, 0.3) is 5.91 Å². The summed E-state index contributed by atoms with van der Waals surface area (Å²) in [6.45, 7) is 5.45. The normalized spacial score (nSPS) is 15.3. The molecule has 5 heteroatoms. The average molecular weight is 341 g/mol. The molecule has 0 N–H and O–H groups in total. The number of nitrogens with zero attached hydrogens (tertiary/aromatic N) is 3. The summed E-state index contributed by atoms with van der Waals surface area (Å²) in [5, 5.41) is 4.27. The summed E-state index contributed by atoms with van der Waals surface area (Å²) in [4.78, 5) is 14.6. The fraction of sp³-hybridized carbons (Fsp3) is 0.500. The Morgan fingerprint density at radius 3 is 2.64 bits per heavy atom. The molecule has 2 heterocycles. The van der Waals surface area contributed by atoms with Crippen molar-refractivity contribution in [1.82, 2.24) is 14.7 Å². The predicted molar refractivity (Wildman–Crippen MR) is 97.7 cm³/mol. The number of ether oxygens (including phenoxy) is 1. The number of rotatable bonds is 7. The Labute approximate surface area is 149 Å². The lowest BCUT2D eigenvalue weighted by atomic mass is 9.96. The van der Waals surface area contributed by atoms with Crippen molar-refractivity contribution in [1.29, 1.82) is 0 Å². The summed E-state index contributed by atoms with van der Waals surface area (Å²) < 4.78 is 7.64. The largest absolute Gasteiger partial charge is 0.494 e. The predicted octanol–water partition coefficient (Wildman–Crippen LogP) is 3.61. The van der Waals surface area contributed by atoms with Crippen molar-refractivity contribution in [3.8, 4) is 5.75 Å². The molecule has 1 amide bonds. The first-order chi connectivity index (χ1) is 12.3. The van der Waals surface area contributed by atoms with Crippen LogP contribution in [-0.4, -0.2) is 40.3 Å². The number of hydrogen-bond donors (Lipinski definition) is 0. The van der Waals surface area contributed by atoms with E-state index < -0.39 is 0 Å². The number of amides is 1. The molecule has 5 nitrogen and oxygen atoms in total. The van der Waals surface area contributed by atoms with Gasteiger partial charge in [-0.25, -0.2) is 0 Å². The number of unbranched alkanes of at least 4 members (excludes halogenated alkanes) is 1. The second kappa shape index (κ2) is 8.70. The van der Waals surface area contributed by atoms with Crippen LogP contribution in [0.4, 0.5) is 0 Å². The fourth-order valence-electron chi connectivity index (χ4n) is 3.20. The molecule has 1 fully saturated rings. The monoisotopic (exact) mass is 341 g/mol. The minimum Gasteiger partial charge on any atom is -0.494 e. The Hall–Kier alpha value is -2.30. The number of aromatic nitrogens is 2. The second-order valence-electron chi connectivity index (χ2n) is 6.69. The molecule has 0 radical (unpaired) electrons. The molecule has 0 spiro atoms. The molecule has 0 atom stereocenters. The molecule has 1 aliphatic heterocycles. The molecule has 2 aromatic rings. The fourth-order valence-corrected chi connectivity index (χ4v) is 3.20. The van der Waals surface area contributed by atoms with E-state index in [1.54, 1.807) is 0 Å². The molecule has 1 aromatic carbocycles. The van der Waals surface area contributed by atoms with E-state index in [2.05, 4.69) is 12.0 Å². The molecular formula is C20H27N3O2. The highest BCUT2D eigenvalue weighted by molar-refractivity contribution is 5.94. The lowest BCUT2D eigenvalue weighted by Crippen LogP contribution is -2.39. The number of likely N-dealkylation sites (tertiary alicyclic amines) is 1. The first kappa shape index (κ1) is 17.5. The molecule has 0 bridgehead atoms. The van der Waals surface area contributed by atoms with Crippen LogP contribution >= 0.6 is 0 Å². The summed E-state index contributed by atoms with van der Waals surface area (Å²) in [6, 6.07) is 9.49. The van der Waals surface area contributed by atoms with Crippen LogP contribution in [0, 0.1) is 5.92 Å². The van der Waals surface area contributed by atoms with E-state index in [1.807, 2.05) is 52.3 Å². The second-order valence-corrected chi connectivity index (χ2v) is 6.69. The molecule has 0 saturated carbocycles. The van der Waals surface area contributed by atoms with Gasteiger partial charge in [0.15, 0.2) is 0 Å². The minimum atomic E-state index is 0.123. The van der Waals surface area contributed by atoms with E-state index in [0.717, 1.165) is 63.2 Å². The van der Waals surface area contributed by atoms with E-state index in [0.29, 0.717) is 5.92 Å². The maximum Gasteiger partial charge on any atom is 0.253 e. The molecule has 25 heavy (non-hydrogen) atoms. The molecule has 0 aliphatic carbocycles. The van der Waals surface area contributed by atoms with Crippen molar-refractivity contribution < 1.29 is 9.53 Å². The van der Waals surface area contributed by atoms with Crippen molar-refractivity contribution in [3.05, 3.63) is 48.3 Å². The Kier molecular flexibility index (Phi) is 6.09. The van der Waals surface area contributed by atoms with Gasteiger partial charge in [0.1, 0.15) is 5.75 Å². The maximum absolute atomic E-state index is 12.7. The van der Waals surface area contributed by atoms with Crippen LogP contribution in [0.2, 0.25) is 0 Å². The van der Waals surface area contributed by atoms with Crippen LogP contribution in [0.15, 0.2) is 42.7 Å². The van der Waals surface area contributed by atoms with E-state index >= 15 is 0 Å². The lowest BCUT2D eigenvalue weighted by molar-refractivity contribution is 0.0681. The first-order valence-electron chi connectivity index (χ1n) is 9.26. The van der Waals surface area contributed by atoms with Crippen LogP contribution in [0.1, 0.15) is 43.0 Å². The average Bonchev–Trinajstić information content (AvgIpc) is 3.16. The molecule has 0 unspecified atom stereocenters. The van der Waals surface area contributed by atoms with Crippen LogP contribution in [0.3, 0.4) is 0 Å². The quantitative estimate of drug-likeness (QED) is 0.723. The zero-order valence-corrected chi connectivity index (χ0v) is 14.9. The number of carbonyl (C=O) groups is 1. The van der Waals surface area contributed by atoms with Gasteiger partial charge < -0.3 is 9.64 Å². The van der Waals surface area contributed by atoms with E-state index in [1.165, 1.54) is 0 Å². The summed E-state index contributed by atoms with van der Waals surface area (Å²) in [6.07, 6.45) is 8.05. The Morgan fingerprint density at radius 1 is 1.24 bits per heavy atom. The van der Waals surface area contributed by atoms with Gasteiger partial charge in [-0.2, -0.15) is 5.10 Å². The van der Waals surface area contributed by atoms with Crippen molar-refractivity contribution >= 4 is 5.91 Å². The van der Waals surface area contributed by atoms with Gasteiger partial charge in [-0.3, -0.25) is 9.48 Å². The summed E-state index contributed by atoms with van der Waals surface area (Å²) in [7, 11) is 0. The highest BCUT2D eigenvalue weighted by Gasteiger charge is 2.24. The van der Waals surface area contributed by atoms with Crippen molar-refractivity contribution in [2.24, 2.45) is 5.92 Å². The Bertz CT molecular complexity index is 644. The smallest absolute Gasteiger partial charge is 0.253 e. The van der Waals surface area contributed by atoms with E-state index in [-0.39, 0.29) is 5.91 Å². The van der Waals surface area contributed by atoms with Crippen LogP contribution in [-0.2, 0) is 6.54 Å². The van der Waals surface area contributed by atoms with Crippen molar-refractivity contribution in [2.75, 3.05) is 19.7 Å².